The number of amides is 1. The van der Waals surface area contributed by atoms with Crippen LogP contribution >= 0.6 is 0 Å². The van der Waals surface area contributed by atoms with Crippen LogP contribution in [0, 0.1) is 6.92 Å². The van der Waals surface area contributed by atoms with E-state index < -0.39 is 0 Å². The fourth-order valence-electron chi connectivity index (χ4n) is 3.04. The predicted molar refractivity (Wildman–Crippen MR) is 80.4 cm³/mol. The van der Waals surface area contributed by atoms with Gasteiger partial charge in [-0.1, -0.05) is 36.2 Å². The molecule has 1 saturated carbocycles. The molecule has 1 aliphatic heterocycles. The molecule has 3 rings (SSSR count). The van der Waals surface area contributed by atoms with Crippen molar-refractivity contribution in [2.75, 3.05) is 6.54 Å². The molecular weight excluding hydrogens is 248 g/mol. The normalized spacial score (nSPS) is 22.6. The molecule has 1 N–H and O–H groups in total. The maximum absolute atomic E-state index is 12.7. The first kappa shape index (κ1) is 13.6. The molecular formula is C17H24N2O. The van der Waals surface area contributed by atoms with Gasteiger partial charge in [0.15, 0.2) is 0 Å². The van der Waals surface area contributed by atoms with Crippen molar-refractivity contribution in [3.05, 3.63) is 35.4 Å². The first-order chi connectivity index (χ1) is 9.74. The molecule has 1 aromatic rings. The van der Waals surface area contributed by atoms with Crippen LogP contribution < -0.4 is 5.32 Å². The Bertz CT molecular complexity index is 476. The number of carbonyl (C=O) groups excluding carboxylic acids is 1. The molecule has 1 amide bonds. The van der Waals surface area contributed by atoms with Crippen molar-refractivity contribution in [3.8, 4) is 0 Å². The van der Waals surface area contributed by atoms with Gasteiger partial charge in [0.1, 0.15) is 0 Å². The second kappa shape index (κ2) is 5.96. The Morgan fingerprint density at radius 3 is 2.80 bits per heavy atom. The molecule has 0 spiro atoms. The van der Waals surface area contributed by atoms with Crippen LogP contribution in [-0.4, -0.2) is 29.4 Å². The highest BCUT2D eigenvalue weighted by molar-refractivity contribution is 5.82. The minimum Gasteiger partial charge on any atom is -0.334 e. The quantitative estimate of drug-likeness (QED) is 0.914. The van der Waals surface area contributed by atoms with E-state index in [0.717, 1.165) is 19.5 Å². The van der Waals surface area contributed by atoms with Gasteiger partial charge in [0.25, 0.3) is 0 Å². The van der Waals surface area contributed by atoms with Gasteiger partial charge in [-0.25, -0.2) is 0 Å². The van der Waals surface area contributed by atoms with Gasteiger partial charge in [0.2, 0.25) is 5.91 Å². The third-order valence-corrected chi connectivity index (χ3v) is 4.31. The van der Waals surface area contributed by atoms with Crippen LogP contribution in [0.4, 0.5) is 0 Å². The lowest BCUT2D eigenvalue weighted by atomic mass is 10.0. The lowest BCUT2D eigenvalue weighted by Gasteiger charge is -2.30. The van der Waals surface area contributed by atoms with Gasteiger partial charge < -0.3 is 10.2 Å². The minimum atomic E-state index is 0.0501. The molecule has 1 saturated heterocycles. The summed E-state index contributed by atoms with van der Waals surface area (Å²) >= 11 is 0. The van der Waals surface area contributed by atoms with E-state index in [1.807, 2.05) is 0 Å². The summed E-state index contributed by atoms with van der Waals surface area (Å²) < 4.78 is 0. The van der Waals surface area contributed by atoms with Crippen LogP contribution in [0.25, 0.3) is 0 Å². The van der Waals surface area contributed by atoms with Gasteiger partial charge in [-0.2, -0.15) is 0 Å². The number of hydrogen-bond acceptors (Lipinski definition) is 2. The SMILES string of the molecule is Cc1cccc(CN(C(=O)C2CCCCN2)C2CC2)c1. The average Bonchev–Trinajstić information content (AvgIpc) is 3.30. The van der Waals surface area contributed by atoms with E-state index in [9.17, 15) is 4.79 Å². The molecule has 0 bridgehead atoms. The molecule has 1 aliphatic carbocycles. The van der Waals surface area contributed by atoms with E-state index >= 15 is 0 Å². The molecule has 2 fully saturated rings. The number of rotatable bonds is 4. The Labute approximate surface area is 121 Å². The summed E-state index contributed by atoms with van der Waals surface area (Å²) in [6, 6.07) is 9.04. The Kier molecular flexibility index (Phi) is 4.06. The second-order valence-corrected chi connectivity index (χ2v) is 6.19. The second-order valence-electron chi connectivity index (χ2n) is 6.19. The van der Waals surface area contributed by atoms with E-state index in [1.54, 1.807) is 0 Å². The highest BCUT2D eigenvalue weighted by Gasteiger charge is 2.36. The summed E-state index contributed by atoms with van der Waals surface area (Å²) in [5, 5.41) is 3.39. The Morgan fingerprint density at radius 1 is 1.30 bits per heavy atom. The van der Waals surface area contributed by atoms with Crippen molar-refractivity contribution in [1.29, 1.82) is 0 Å². The molecule has 20 heavy (non-hydrogen) atoms. The standard InChI is InChI=1S/C17H24N2O/c1-13-5-4-6-14(11-13)12-19(15-8-9-15)17(20)16-7-2-3-10-18-16/h4-6,11,15-16,18H,2-3,7-10,12H2,1H3. The lowest BCUT2D eigenvalue weighted by Crippen LogP contribution is -2.49. The summed E-state index contributed by atoms with van der Waals surface area (Å²) in [6.07, 6.45) is 5.71. The third kappa shape index (κ3) is 3.21. The minimum absolute atomic E-state index is 0.0501. The zero-order valence-corrected chi connectivity index (χ0v) is 12.3. The number of carbonyl (C=O) groups is 1. The molecule has 2 aliphatic rings. The molecule has 0 aromatic heterocycles. The monoisotopic (exact) mass is 272 g/mol. The molecule has 1 aromatic carbocycles. The van der Waals surface area contributed by atoms with E-state index in [1.165, 1.54) is 36.8 Å². The zero-order valence-electron chi connectivity index (χ0n) is 12.3. The van der Waals surface area contributed by atoms with E-state index in [4.69, 9.17) is 0 Å². The summed E-state index contributed by atoms with van der Waals surface area (Å²) in [6.45, 7) is 3.86. The smallest absolute Gasteiger partial charge is 0.240 e. The summed E-state index contributed by atoms with van der Waals surface area (Å²) in [5.41, 5.74) is 2.52. The van der Waals surface area contributed by atoms with Gasteiger partial charge in [-0.15, -0.1) is 0 Å². The van der Waals surface area contributed by atoms with Crippen LogP contribution in [0.2, 0.25) is 0 Å². The van der Waals surface area contributed by atoms with Gasteiger partial charge in [-0.05, 0) is 44.7 Å². The van der Waals surface area contributed by atoms with Gasteiger partial charge >= 0.3 is 0 Å². The Hall–Kier alpha value is -1.35. The molecule has 0 radical (unpaired) electrons. The molecule has 3 heteroatoms. The largest absolute Gasteiger partial charge is 0.334 e. The van der Waals surface area contributed by atoms with Crippen LogP contribution in [0.3, 0.4) is 0 Å². The van der Waals surface area contributed by atoms with Gasteiger partial charge in [0.05, 0.1) is 6.04 Å². The Balaban J connectivity index is 1.70. The van der Waals surface area contributed by atoms with Crippen LogP contribution in [-0.2, 0) is 11.3 Å². The van der Waals surface area contributed by atoms with E-state index in [0.29, 0.717) is 11.9 Å². The molecule has 3 nitrogen and oxygen atoms in total. The zero-order chi connectivity index (χ0) is 13.9. The number of piperidine rings is 1. The van der Waals surface area contributed by atoms with E-state index in [2.05, 4.69) is 41.4 Å². The van der Waals surface area contributed by atoms with Crippen molar-refractivity contribution in [1.82, 2.24) is 10.2 Å². The van der Waals surface area contributed by atoms with Gasteiger partial charge in [0, 0.05) is 12.6 Å². The van der Waals surface area contributed by atoms with Crippen molar-refractivity contribution in [2.24, 2.45) is 0 Å². The fourth-order valence-corrected chi connectivity index (χ4v) is 3.04. The lowest BCUT2D eigenvalue weighted by molar-refractivity contribution is -0.135. The third-order valence-electron chi connectivity index (χ3n) is 4.31. The number of nitrogens with one attached hydrogen (secondary N) is 1. The summed E-state index contributed by atoms with van der Waals surface area (Å²) in [5.74, 6) is 0.314. The van der Waals surface area contributed by atoms with Crippen LogP contribution in [0.5, 0.6) is 0 Å². The number of aryl methyl sites for hydroxylation is 1. The molecule has 1 unspecified atom stereocenters. The summed E-state index contributed by atoms with van der Waals surface area (Å²) in [4.78, 5) is 14.8. The van der Waals surface area contributed by atoms with Crippen molar-refractivity contribution < 1.29 is 4.79 Å². The first-order valence-corrected chi connectivity index (χ1v) is 7.83. The number of nitrogens with zero attached hydrogens (tertiary/aromatic N) is 1. The number of benzene rings is 1. The molecule has 1 heterocycles. The topological polar surface area (TPSA) is 32.3 Å². The highest BCUT2D eigenvalue weighted by atomic mass is 16.2. The van der Waals surface area contributed by atoms with Crippen LogP contribution in [0.1, 0.15) is 43.2 Å². The predicted octanol–water partition coefficient (Wildman–Crippen LogP) is 2.63. The first-order valence-electron chi connectivity index (χ1n) is 7.83. The average molecular weight is 272 g/mol. The van der Waals surface area contributed by atoms with Gasteiger partial charge in [-0.3, -0.25) is 4.79 Å². The molecule has 108 valence electrons. The summed E-state index contributed by atoms with van der Waals surface area (Å²) in [7, 11) is 0. The fraction of sp³-hybridized carbons (Fsp3) is 0.588. The maximum Gasteiger partial charge on any atom is 0.240 e. The highest BCUT2D eigenvalue weighted by Crippen LogP contribution is 2.29. The van der Waals surface area contributed by atoms with Crippen molar-refractivity contribution in [3.63, 3.8) is 0 Å². The van der Waals surface area contributed by atoms with Crippen molar-refractivity contribution >= 4 is 5.91 Å². The van der Waals surface area contributed by atoms with Crippen LogP contribution in [0.15, 0.2) is 24.3 Å². The molecule has 1 atom stereocenters. The maximum atomic E-state index is 12.7. The number of hydrogen-bond donors (Lipinski definition) is 1. The Morgan fingerprint density at radius 2 is 2.15 bits per heavy atom. The van der Waals surface area contributed by atoms with E-state index in [-0.39, 0.29) is 6.04 Å². The van der Waals surface area contributed by atoms with Crippen molar-refractivity contribution in [2.45, 2.75) is 57.7 Å².